The van der Waals surface area contributed by atoms with Crippen LogP contribution >= 0.6 is 0 Å². The Bertz CT molecular complexity index is 910. The van der Waals surface area contributed by atoms with Gasteiger partial charge in [0.2, 0.25) is 5.78 Å². The third-order valence-corrected chi connectivity index (χ3v) is 4.46. The van der Waals surface area contributed by atoms with E-state index in [1.807, 2.05) is 55.8 Å². The number of allylic oxidation sites excluding steroid dienone is 1. The minimum absolute atomic E-state index is 0.0357. The number of ketones is 2. The molecule has 0 fully saturated rings. The van der Waals surface area contributed by atoms with Crippen molar-refractivity contribution in [1.29, 1.82) is 0 Å². The first kappa shape index (κ1) is 27.3. The number of rotatable bonds is 10. The zero-order chi connectivity index (χ0) is 24.4. The quantitative estimate of drug-likeness (QED) is 0.405. The number of ether oxygens (including phenoxy) is 2. The summed E-state index contributed by atoms with van der Waals surface area (Å²) < 4.78 is 13.9. The summed E-state index contributed by atoms with van der Waals surface area (Å²) in [5.74, 6) is 1.56. The molecule has 0 unspecified atom stereocenters. The fourth-order valence-electron chi connectivity index (χ4n) is 3.17. The summed E-state index contributed by atoms with van der Waals surface area (Å²) in [5, 5.41) is 0. The largest absolute Gasteiger partial charge is 0.383 e. The highest BCUT2D eigenvalue weighted by Gasteiger charge is 2.17. The molecule has 0 bridgehead atoms. The van der Waals surface area contributed by atoms with Gasteiger partial charge in [-0.05, 0) is 27.7 Å². The Morgan fingerprint density at radius 2 is 1.38 bits per heavy atom. The summed E-state index contributed by atoms with van der Waals surface area (Å²) in [6, 6.07) is 0.394. The maximum Gasteiger partial charge on any atom is 0.205 e. The maximum atomic E-state index is 12.1. The molecule has 0 aliphatic heterocycles. The minimum atomic E-state index is -0.0488. The monoisotopic (exact) mass is 447 g/mol. The van der Waals surface area contributed by atoms with Crippen molar-refractivity contribution < 1.29 is 19.1 Å². The van der Waals surface area contributed by atoms with E-state index in [2.05, 4.69) is 9.97 Å². The molecule has 178 valence electrons. The van der Waals surface area contributed by atoms with Crippen LogP contribution in [0.15, 0.2) is 24.7 Å². The SMILES string of the molecule is COCc1ncc(C(=O)/C=C/N(C)C)n1C(C)C.COCc1ncc(C(C)=O)n1C(C)C. The van der Waals surface area contributed by atoms with Gasteiger partial charge in [-0.25, -0.2) is 9.97 Å². The zero-order valence-electron chi connectivity index (χ0n) is 20.7. The van der Waals surface area contributed by atoms with Gasteiger partial charge in [-0.1, -0.05) is 0 Å². The molecular formula is C23H37N5O4. The van der Waals surface area contributed by atoms with Gasteiger partial charge in [0.15, 0.2) is 5.78 Å². The first-order valence-corrected chi connectivity index (χ1v) is 10.5. The number of methoxy groups -OCH3 is 2. The fraction of sp³-hybridized carbons (Fsp3) is 0.565. The molecule has 0 spiro atoms. The smallest absolute Gasteiger partial charge is 0.205 e. The molecule has 0 atom stereocenters. The number of carbonyl (C=O) groups is 2. The second-order valence-corrected chi connectivity index (χ2v) is 8.11. The van der Waals surface area contributed by atoms with Crippen molar-refractivity contribution in [3.8, 4) is 0 Å². The van der Waals surface area contributed by atoms with E-state index in [0.717, 1.165) is 11.6 Å². The molecule has 2 aromatic rings. The van der Waals surface area contributed by atoms with E-state index in [-0.39, 0.29) is 23.7 Å². The van der Waals surface area contributed by atoms with Crippen LogP contribution < -0.4 is 0 Å². The normalized spacial score (nSPS) is 11.2. The number of hydrogen-bond donors (Lipinski definition) is 0. The standard InChI is InChI=1S/C13H21N3O2.C10H16N2O2/c1-10(2)16-11(8-14-13(16)9-18-5)12(17)6-7-15(3)4;1-7(2)12-9(8(3)13)5-11-10(12)6-14-4/h6-8,10H,9H2,1-5H3;5,7H,6H2,1-4H3/b7-6+;. The molecular weight excluding hydrogens is 410 g/mol. The molecule has 9 nitrogen and oxygen atoms in total. The van der Waals surface area contributed by atoms with Crippen LogP contribution in [0.1, 0.15) is 79.3 Å². The highest BCUT2D eigenvalue weighted by molar-refractivity contribution is 6.03. The number of imidazole rings is 2. The lowest BCUT2D eigenvalue weighted by Gasteiger charge is -2.14. The van der Waals surface area contributed by atoms with Crippen LogP contribution in [-0.2, 0) is 22.7 Å². The molecule has 0 aromatic carbocycles. The summed E-state index contributed by atoms with van der Waals surface area (Å²) in [4.78, 5) is 33.6. The average molecular weight is 448 g/mol. The summed E-state index contributed by atoms with van der Waals surface area (Å²) in [7, 11) is 6.99. The predicted octanol–water partition coefficient (Wildman–Crippen LogP) is 3.68. The molecule has 0 radical (unpaired) electrons. The second-order valence-electron chi connectivity index (χ2n) is 8.11. The van der Waals surface area contributed by atoms with Gasteiger partial charge < -0.3 is 23.5 Å². The summed E-state index contributed by atoms with van der Waals surface area (Å²) >= 11 is 0. The van der Waals surface area contributed by atoms with E-state index in [9.17, 15) is 9.59 Å². The Hall–Kier alpha value is -2.78. The lowest BCUT2D eigenvalue weighted by Crippen LogP contribution is -2.14. The Kier molecular flexibility index (Phi) is 11.0. The predicted molar refractivity (Wildman–Crippen MR) is 124 cm³/mol. The van der Waals surface area contributed by atoms with Gasteiger partial charge in [-0.2, -0.15) is 0 Å². The maximum absolute atomic E-state index is 12.1. The molecule has 2 aromatic heterocycles. The van der Waals surface area contributed by atoms with Gasteiger partial charge in [0.25, 0.3) is 0 Å². The average Bonchev–Trinajstić information content (AvgIpc) is 3.32. The second kappa shape index (κ2) is 12.9. The van der Waals surface area contributed by atoms with Gasteiger partial charge in [-0.15, -0.1) is 0 Å². The first-order valence-electron chi connectivity index (χ1n) is 10.5. The first-order chi connectivity index (χ1) is 15.0. The van der Waals surface area contributed by atoms with Crippen molar-refractivity contribution in [2.45, 2.75) is 59.9 Å². The van der Waals surface area contributed by atoms with E-state index in [1.165, 1.54) is 0 Å². The molecule has 2 rings (SSSR count). The number of carbonyl (C=O) groups excluding carboxylic acids is 2. The molecule has 0 amide bonds. The van der Waals surface area contributed by atoms with Crippen molar-refractivity contribution in [1.82, 2.24) is 24.0 Å². The molecule has 0 saturated carbocycles. The molecule has 9 heteroatoms. The van der Waals surface area contributed by atoms with Crippen LogP contribution in [0, 0.1) is 0 Å². The van der Waals surface area contributed by atoms with Crippen molar-refractivity contribution in [3.05, 3.63) is 47.7 Å². The van der Waals surface area contributed by atoms with Gasteiger partial charge in [0.05, 0.1) is 12.4 Å². The van der Waals surface area contributed by atoms with Crippen LogP contribution in [0.5, 0.6) is 0 Å². The highest BCUT2D eigenvalue weighted by atomic mass is 16.5. The van der Waals surface area contributed by atoms with Crippen molar-refractivity contribution in [2.24, 2.45) is 0 Å². The molecule has 0 aliphatic carbocycles. The number of aromatic nitrogens is 4. The molecule has 0 aliphatic rings. The van der Waals surface area contributed by atoms with E-state index in [0.29, 0.717) is 24.6 Å². The third-order valence-electron chi connectivity index (χ3n) is 4.46. The number of nitrogens with zero attached hydrogens (tertiary/aromatic N) is 5. The number of Topliss-reactive ketones (excluding diaryl/α,β-unsaturated/α-hetero) is 1. The summed E-state index contributed by atoms with van der Waals surface area (Å²) in [6.45, 7) is 10.5. The number of hydrogen-bond acceptors (Lipinski definition) is 7. The van der Waals surface area contributed by atoms with Gasteiger partial charge in [-0.3, -0.25) is 9.59 Å². The van der Waals surface area contributed by atoms with Gasteiger partial charge >= 0.3 is 0 Å². The Morgan fingerprint density at radius 3 is 1.75 bits per heavy atom. The highest BCUT2D eigenvalue weighted by Crippen LogP contribution is 2.16. The van der Waals surface area contributed by atoms with Crippen LogP contribution in [0.3, 0.4) is 0 Å². The minimum Gasteiger partial charge on any atom is -0.383 e. The molecule has 2 heterocycles. The summed E-state index contributed by atoms with van der Waals surface area (Å²) in [5.41, 5.74) is 1.24. The van der Waals surface area contributed by atoms with Gasteiger partial charge in [0, 0.05) is 59.6 Å². The van der Waals surface area contributed by atoms with Crippen molar-refractivity contribution in [3.63, 3.8) is 0 Å². The summed E-state index contributed by atoms with van der Waals surface area (Å²) in [6.07, 6.45) is 6.50. The van der Waals surface area contributed by atoms with E-state index in [4.69, 9.17) is 9.47 Å². The fourth-order valence-corrected chi connectivity index (χ4v) is 3.17. The van der Waals surface area contributed by atoms with Crippen LogP contribution in [0.25, 0.3) is 0 Å². The molecule has 32 heavy (non-hydrogen) atoms. The Morgan fingerprint density at radius 1 is 0.938 bits per heavy atom. The topological polar surface area (TPSA) is 91.5 Å². The van der Waals surface area contributed by atoms with E-state index >= 15 is 0 Å². The Balaban J connectivity index is 0.000000330. The lowest BCUT2D eigenvalue weighted by atomic mass is 10.2. The van der Waals surface area contributed by atoms with Crippen molar-refractivity contribution >= 4 is 11.6 Å². The van der Waals surface area contributed by atoms with Crippen LogP contribution in [0.4, 0.5) is 0 Å². The van der Waals surface area contributed by atoms with Crippen molar-refractivity contribution in [2.75, 3.05) is 28.3 Å². The third kappa shape index (κ3) is 7.42. The van der Waals surface area contributed by atoms with E-state index in [1.54, 1.807) is 45.8 Å². The Labute approximate surface area is 191 Å². The molecule has 0 N–H and O–H groups in total. The molecule has 0 saturated heterocycles. The zero-order valence-corrected chi connectivity index (χ0v) is 20.7. The van der Waals surface area contributed by atoms with Gasteiger partial charge in [0.1, 0.15) is 36.3 Å². The van der Waals surface area contributed by atoms with E-state index < -0.39 is 0 Å². The lowest BCUT2D eigenvalue weighted by molar-refractivity contribution is 0.0999. The van der Waals surface area contributed by atoms with Crippen LogP contribution in [-0.4, -0.2) is 63.9 Å². The van der Waals surface area contributed by atoms with Crippen LogP contribution in [0.2, 0.25) is 0 Å².